The molecule has 0 N–H and O–H groups in total. The SMILES string of the molecule is CCCCN(CC)C(=O)C1CSc2nccc(=O)n2C1. The first-order valence-corrected chi connectivity index (χ1v) is 8.13. The Morgan fingerprint density at radius 3 is 3.05 bits per heavy atom. The van der Waals surface area contributed by atoms with Crippen molar-refractivity contribution in [2.75, 3.05) is 18.8 Å². The van der Waals surface area contributed by atoms with E-state index in [1.807, 2.05) is 11.8 Å². The molecular formula is C14H21N3O2S. The number of rotatable bonds is 5. The molecule has 0 saturated carbocycles. The van der Waals surface area contributed by atoms with E-state index in [0.717, 1.165) is 31.1 Å². The van der Waals surface area contributed by atoms with Gasteiger partial charge in [-0.25, -0.2) is 4.98 Å². The van der Waals surface area contributed by atoms with E-state index in [0.29, 0.717) is 12.3 Å². The topological polar surface area (TPSA) is 55.2 Å². The third-order valence-electron chi connectivity index (χ3n) is 3.54. The molecule has 1 aliphatic heterocycles. The number of amides is 1. The van der Waals surface area contributed by atoms with Gasteiger partial charge in [-0.15, -0.1) is 0 Å². The first-order chi connectivity index (χ1) is 9.67. The molecule has 2 rings (SSSR count). The molecule has 1 aromatic heterocycles. The fourth-order valence-corrected chi connectivity index (χ4v) is 3.38. The normalized spacial score (nSPS) is 17.6. The number of hydrogen-bond donors (Lipinski definition) is 0. The average Bonchev–Trinajstić information content (AvgIpc) is 2.48. The molecule has 1 unspecified atom stereocenters. The van der Waals surface area contributed by atoms with Crippen LogP contribution in [0.3, 0.4) is 0 Å². The van der Waals surface area contributed by atoms with E-state index in [9.17, 15) is 9.59 Å². The van der Waals surface area contributed by atoms with Crippen molar-refractivity contribution in [1.29, 1.82) is 0 Å². The Kier molecular flexibility index (Phi) is 5.23. The standard InChI is InChI=1S/C14H21N3O2S/c1-3-5-8-16(4-2)13(19)11-9-17-12(18)6-7-15-14(17)20-10-11/h6-7,11H,3-5,8-10H2,1-2H3. The zero-order valence-electron chi connectivity index (χ0n) is 12.0. The highest BCUT2D eigenvalue weighted by Crippen LogP contribution is 2.25. The van der Waals surface area contributed by atoms with Crippen molar-refractivity contribution >= 4 is 17.7 Å². The molecule has 1 aliphatic rings. The molecule has 20 heavy (non-hydrogen) atoms. The van der Waals surface area contributed by atoms with E-state index >= 15 is 0 Å². The number of fused-ring (bicyclic) bond motifs is 1. The van der Waals surface area contributed by atoms with Gasteiger partial charge in [0.15, 0.2) is 5.16 Å². The maximum Gasteiger partial charge on any atom is 0.254 e. The summed E-state index contributed by atoms with van der Waals surface area (Å²) in [5, 5.41) is 0.721. The van der Waals surface area contributed by atoms with Gasteiger partial charge in [0.2, 0.25) is 5.91 Å². The third-order valence-corrected chi connectivity index (χ3v) is 4.69. The highest BCUT2D eigenvalue weighted by Gasteiger charge is 2.29. The van der Waals surface area contributed by atoms with Crippen molar-refractivity contribution in [2.45, 2.75) is 38.4 Å². The van der Waals surface area contributed by atoms with Gasteiger partial charge in [0.1, 0.15) is 0 Å². The lowest BCUT2D eigenvalue weighted by atomic mass is 10.1. The Morgan fingerprint density at radius 1 is 1.55 bits per heavy atom. The second-order valence-electron chi connectivity index (χ2n) is 4.96. The molecular weight excluding hydrogens is 274 g/mol. The van der Waals surface area contributed by atoms with Gasteiger partial charge in [-0.1, -0.05) is 25.1 Å². The number of carbonyl (C=O) groups is 1. The Morgan fingerprint density at radius 2 is 2.35 bits per heavy atom. The van der Waals surface area contributed by atoms with Crippen LogP contribution in [-0.4, -0.2) is 39.2 Å². The summed E-state index contributed by atoms with van der Waals surface area (Å²) in [4.78, 5) is 30.5. The smallest absolute Gasteiger partial charge is 0.254 e. The van der Waals surface area contributed by atoms with E-state index in [-0.39, 0.29) is 17.4 Å². The summed E-state index contributed by atoms with van der Waals surface area (Å²) in [6, 6.07) is 1.45. The molecule has 6 heteroatoms. The maximum atomic E-state index is 12.5. The number of carbonyl (C=O) groups excluding carboxylic acids is 1. The fourth-order valence-electron chi connectivity index (χ4n) is 2.33. The summed E-state index contributed by atoms with van der Waals surface area (Å²) in [5.74, 6) is 0.749. The zero-order valence-corrected chi connectivity index (χ0v) is 12.9. The fraction of sp³-hybridized carbons (Fsp3) is 0.643. The molecule has 0 bridgehead atoms. The van der Waals surface area contributed by atoms with E-state index in [1.54, 1.807) is 4.57 Å². The van der Waals surface area contributed by atoms with Crippen LogP contribution in [0.2, 0.25) is 0 Å². The Hall–Kier alpha value is -1.30. The van der Waals surface area contributed by atoms with Gasteiger partial charge in [0, 0.05) is 37.7 Å². The van der Waals surface area contributed by atoms with Crippen molar-refractivity contribution in [3.63, 3.8) is 0 Å². The predicted molar refractivity (Wildman–Crippen MR) is 79.9 cm³/mol. The third kappa shape index (κ3) is 3.23. The van der Waals surface area contributed by atoms with E-state index in [1.165, 1.54) is 24.0 Å². The minimum Gasteiger partial charge on any atom is -0.343 e. The number of aromatic nitrogens is 2. The van der Waals surface area contributed by atoms with Crippen molar-refractivity contribution in [2.24, 2.45) is 5.92 Å². The van der Waals surface area contributed by atoms with Crippen molar-refractivity contribution < 1.29 is 4.79 Å². The number of nitrogens with zero attached hydrogens (tertiary/aromatic N) is 3. The van der Waals surface area contributed by atoms with E-state index in [2.05, 4.69) is 11.9 Å². The molecule has 0 aromatic carbocycles. The van der Waals surface area contributed by atoms with Gasteiger partial charge in [0.25, 0.3) is 5.56 Å². The van der Waals surface area contributed by atoms with Gasteiger partial charge in [-0.05, 0) is 13.3 Å². The number of thioether (sulfide) groups is 1. The Balaban J connectivity index is 2.09. The quantitative estimate of drug-likeness (QED) is 0.775. The first-order valence-electron chi connectivity index (χ1n) is 7.14. The summed E-state index contributed by atoms with van der Waals surface area (Å²) in [6.45, 7) is 6.12. The van der Waals surface area contributed by atoms with Gasteiger partial charge in [0.05, 0.1) is 5.92 Å². The van der Waals surface area contributed by atoms with Crippen LogP contribution in [-0.2, 0) is 11.3 Å². The number of unbranched alkanes of at least 4 members (excludes halogenated alkanes) is 1. The average molecular weight is 295 g/mol. The summed E-state index contributed by atoms with van der Waals surface area (Å²) in [5.41, 5.74) is -0.0726. The van der Waals surface area contributed by atoms with Crippen LogP contribution >= 0.6 is 11.8 Å². The lowest BCUT2D eigenvalue weighted by Crippen LogP contribution is -2.42. The molecule has 1 aromatic rings. The minimum atomic E-state index is -0.119. The van der Waals surface area contributed by atoms with Gasteiger partial charge in [-0.2, -0.15) is 0 Å². The summed E-state index contributed by atoms with van der Waals surface area (Å²) >= 11 is 1.50. The van der Waals surface area contributed by atoms with Crippen LogP contribution in [0.5, 0.6) is 0 Å². The van der Waals surface area contributed by atoms with Crippen LogP contribution in [0.25, 0.3) is 0 Å². The molecule has 0 saturated heterocycles. The first kappa shape index (κ1) is 15.1. The Bertz CT molecular complexity index is 529. The van der Waals surface area contributed by atoms with E-state index < -0.39 is 0 Å². The molecule has 0 fully saturated rings. The summed E-state index contributed by atoms with van der Waals surface area (Å²) < 4.78 is 1.62. The molecule has 5 nitrogen and oxygen atoms in total. The highest BCUT2D eigenvalue weighted by atomic mass is 32.2. The monoisotopic (exact) mass is 295 g/mol. The summed E-state index contributed by atoms with van der Waals surface area (Å²) in [6.07, 6.45) is 3.63. The lowest BCUT2D eigenvalue weighted by Gasteiger charge is -2.29. The van der Waals surface area contributed by atoms with Crippen LogP contribution < -0.4 is 5.56 Å². The van der Waals surface area contributed by atoms with Gasteiger partial charge >= 0.3 is 0 Å². The van der Waals surface area contributed by atoms with Crippen LogP contribution in [0.4, 0.5) is 0 Å². The van der Waals surface area contributed by atoms with Gasteiger partial charge < -0.3 is 4.90 Å². The van der Waals surface area contributed by atoms with Crippen molar-refractivity contribution in [3.8, 4) is 0 Å². The molecule has 0 aliphatic carbocycles. The highest BCUT2D eigenvalue weighted by molar-refractivity contribution is 7.99. The molecule has 0 spiro atoms. The molecule has 0 radical (unpaired) electrons. The maximum absolute atomic E-state index is 12.5. The van der Waals surface area contributed by atoms with Crippen molar-refractivity contribution in [3.05, 3.63) is 22.6 Å². The Labute approximate surface area is 123 Å². The molecule has 110 valence electrons. The van der Waals surface area contributed by atoms with Gasteiger partial charge in [-0.3, -0.25) is 14.2 Å². The van der Waals surface area contributed by atoms with Crippen LogP contribution in [0.15, 0.2) is 22.2 Å². The second-order valence-corrected chi connectivity index (χ2v) is 5.94. The van der Waals surface area contributed by atoms with Crippen molar-refractivity contribution in [1.82, 2.24) is 14.5 Å². The van der Waals surface area contributed by atoms with Crippen LogP contribution in [0, 0.1) is 5.92 Å². The van der Waals surface area contributed by atoms with E-state index in [4.69, 9.17) is 0 Å². The summed E-state index contributed by atoms with van der Waals surface area (Å²) in [7, 11) is 0. The zero-order chi connectivity index (χ0) is 14.5. The largest absolute Gasteiger partial charge is 0.343 e. The number of hydrogen-bond acceptors (Lipinski definition) is 4. The van der Waals surface area contributed by atoms with Crippen LogP contribution in [0.1, 0.15) is 26.7 Å². The molecule has 2 heterocycles. The molecule has 1 amide bonds. The predicted octanol–water partition coefficient (Wildman–Crippen LogP) is 1.61. The lowest BCUT2D eigenvalue weighted by molar-refractivity contribution is -0.135. The molecule has 1 atom stereocenters. The second kappa shape index (κ2) is 6.92. The minimum absolute atomic E-state index is 0.0726.